The highest BCUT2D eigenvalue weighted by Gasteiger charge is 2.29. The van der Waals surface area contributed by atoms with Gasteiger partial charge in [-0.15, -0.1) is 0 Å². The van der Waals surface area contributed by atoms with Gasteiger partial charge in [0, 0.05) is 11.6 Å². The Morgan fingerprint density at radius 1 is 1.45 bits per heavy atom. The first-order valence-electron chi connectivity index (χ1n) is 6.62. The first-order valence-corrected chi connectivity index (χ1v) is 6.62. The Balaban J connectivity index is 2.35. The second-order valence-electron chi connectivity index (χ2n) is 4.85. The molecule has 1 aliphatic carbocycles. The number of nitro benzene ring substituents is 1. The molecule has 0 radical (unpaired) electrons. The lowest BCUT2D eigenvalue weighted by Gasteiger charge is -2.15. The lowest BCUT2D eigenvalue weighted by molar-refractivity contribution is -0.385. The molecular weight excluding hydrogens is 258 g/mol. The average Bonchev–Trinajstić information content (AvgIpc) is 2.97. The van der Waals surface area contributed by atoms with Crippen molar-refractivity contribution in [2.24, 2.45) is 0 Å². The monoisotopic (exact) mass is 275 g/mol. The highest BCUT2D eigenvalue weighted by molar-refractivity contribution is 5.80. The van der Waals surface area contributed by atoms with Crippen molar-refractivity contribution in [2.75, 3.05) is 7.11 Å². The Morgan fingerprint density at radius 3 is 2.80 bits per heavy atom. The normalized spacial score (nSPS) is 15.6. The molecule has 106 valence electrons. The number of carbonyl (C=O) groups excluding carboxylic acids is 1. The molecule has 20 heavy (non-hydrogen) atoms. The number of nitro groups is 1. The van der Waals surface area contributed by atoms with Crippen LogP contribution < -0.4 is 0 Å². The summed E-state index contributed by atoms with van der Waals surface area (Å²) in [6.07, 6.45) is 5.66. The summed E-state index contributed by atoms with van der Waals surface area (Å²) in [7, 11) is 1.31. The van der Waals surface area contributed by atoms with Crippen LogP contribution in [0.3, 0.4) is 0 Å². The molecule has 5 nitrogen and oxygen atoms in total. The van der Waals surface area contributed by atoms with Crippen LogP contribution in [0.2, 0.25) is 0 Å². The van der Waals surface area contributed by atoms with Crippen molar-refractivity contribution in [3.63, 3.8) is 0 Å². The highest BCUT2D eigenvalue weighted by Crippen LogP contribution is 2.34. The maximum atomic E-state index is 12.0. The molecule has 0 fully saturated rings. The summed E-state index contributed by atoms with van der Waals surface area (Å²) in [6, 6.07) is 6.37. The van der Waals surface area contributed by atoms with Gasteiger partial charge in [-0.3, -0.25) is 14.9 Å². The second kappa shape index (κ2) is 6.32. The van der Waals surface area contributed by atoms with E-state index >= 15 is 0 Å². The van der Waals surface area contributed by atoms with Crippen LogP contribution in [0, 0.1) is 10.1 Å². The predicted octanol–water partition coefficient (Wildman–Crippen LogP) is 3.35. The SMILES string of the molecule is COC(=O)C(CC1=CCCC1)c1ccccc1[N+](=O)[O-]. The number of benzene rings is 1. The third-order valence-corrected chi connectivity index (χ3v) is 3.60. The molecule has 0 saturated heterocycles. The van der Waals surface area contributed by atoms with E-state index in [1.165, 1.54) is 18.7 Å². The van der Waals surface area contributed by atoms with Crippen LogP contribution in [0.1, 0.15) is 37.2 Å². The largest absolute Gasteiger partial charge is 0.469 e. The zero-order valence-corrected chi connectivity index (χ0v) is 11.4. The quantitative estimate of drug-likeness (QED) is 0.357. The van der Waals surface area contributed by atoms with Gasteiger partial charge in [0.1, 0.15) is 0 Å². The van der Waals surface area contributed by atoms with Crippen LogP contribution in [0.4, 0.5) is 5.69 Å². The third-order valence-electron chi connectivity index (χ3n) is 3.60. The Bertz CT molecular complexity index is 551. The minimum atomic E-state index is -0.606. The Morgan fingerprint density at radius 2 is 2.20 bits per heavy atom. The van der Waals surface area contributed by atoms with Crippen molar-refractivity contribution in [1.82, 2.24) is 0 Å². The molecule has 0 N–H and O–H groups in total. The Hall–Kier alpha value is -2.17. The van der Waals surface area contributed by atoms with Gasteiger partial charge < -0.3 is 4.74 Å². The smallest absolute Gasteiger partial charge is 0.313 e. The van der Waals surface area contributed by atoms with E-state index in [9.17, 15) is 14.9 Å². The molecule has 0 bridgehead atoms. The molecular formula is C15H17NO4. The molecule has 0 amide bonds. The maximum Gasteiger partial charge on any atom is 0.313 e. The number of esters is 1. The van der Waals surface area contributed by atoms with E-state index in [4.69, 9.17) is 4.74 Å². The fourth-order valence-electron chi connectivity index (χ4n) is 2.60. The van der Waals surface area contributed by atoms with Gasteiger partial charge in [-0.2, -0.15) is 0 Å². The van der Waals surface area contributed by atoms with E-state index in [-0.39, 0.29) is 5.69 Å². The van der Waals surface area contributed by atoms with Crippen LogP contribution in [0.25, 0.3) is 0 Å². The van der Waals surface area contributed by atoms with Gasteiger partial charge in [0.15, 0.2) is 0 Å². The minimum absolute atomic E-state index is 0.0264. The van der Waals surface area contributed by atoms with Gasteiger partial charge in [-0.05, 0) is 25.7 Å². The zero-order valence-electron chi connectivity index (χ0n) is 11.4. The number of rotatable bonds is 5. The number of allylic oxidation sites excluding steroid dienone is 2. The highest BCUT2D eigenvalue weighted by atomic mass is 16.6. The summed E-state index contributed by atoms with van der Waals surface area (Å²) in [4.78, 5) is 22.7. The fraction of sp³-hybridized carbons (Fsp3) is 0.400. The number of nitrogens with zero attached hydrogens (tertiary/aromatic N) is 1. The molecule has 2 rings (SSSR count). The Labute approximate surface area is 117 Å². The Kier molecular flexibility index (Phi) is 4.50. The number of ether oxygens (including phenoxy) is 1. The molecule has 0 aliphatic heterocycles. The first-order chi connectivity index (χ1) is 9.63. The van der Waals surface area contributed by atoms with E-state index < -0.39 is 16.8 Å². The van der Waals surface area contributed by atoms with Crippen molar-refractivity contribution >= 4 is 11.7 Å². The van der Waals surface area contributed by atoms with Crippen molar-refractivity contribution in [1.29, 1.82) is 0 Å². The molecule has 0 spiro atoms. The molecule has 1 aromatic rings. The van der Waals surface area contributed by atoms with Gasteiger partial charge in [0.2, 0.25) is 0 Å². The topological polar surface area (TPSA) is 69.4 Å². The summed E-state index contributed by atoms with van der Waals surface area (Å²) < 4.78 is 4.82. The number of para-hydroxylation sites is 1. The van der Waals surface area contributed by atoms with E-state index in [0.717, 1.165) is 19.3 Å². The van der Waals surface area contributed by atoms with Crippen molar-refractivity contribution in [2.45, 2.75) is 31.6 Å². The first kappa shape index (κ1) is 14.2. The van der Waals surface area contributed by atoms with Gasteiger partial charge in [0.25, 0.3) is 5.69 Å². The summed E-state index contributed by atoms with van der Waals surface area (Å²) in [5.74, 6) is -1.03. The van der Waals surface area contributed by atoms with E-state index in [0.29, 0.717) is 12.0 Å². The maximum absolute atomic E-state index is 12.0. The summed E-state index contributed by atoms with van der Waals surface area (Å²) in [6.45, 7) is 0. The van der Waals surface area contributed by atoms with Crippen LogP contribution in [-0.4, -0.2) is 18.0 Å². The van der Waals surface area contributed by atoms with Gasteiger partial charge in [-0.25, -0.2) is 0 Å². The molecule has 5 heteroatoms. The molecule has 0 saturated carbocycles. The number of methoxy groups -OCH3 is 1. The molecule has 0 heterocycles. The molecule has 1 atom stereocenters. The van der Waals surface area contributed by atoms with Crippen LogP contribution in [0.15, 0.2) is 35.9 Å². The number of carbonyl (C=O) groups is 1. The van der Waals surface area contributed by atoms with Gasteiger partial charge in [0.05, 0.1) is 18.0 Å². The van der Waals surface area contributed by atoms with E-state index in [1.807, 2.05) is 0 Å². The van der Waals surface area contributed by atoms with Crippen LogP contribution in [0.5, 0.6) is 0 Å². The molecule has 1 aliphatic rings. The predicted molar refractivity (Wildman–Crippen MR) is 74.4 cm³/mol. The van der Waals surface area contributed by atoms with Crippen molar-refractivity contribution in [3.8, 4) is 0 Å². The third kappa shape index (κ3) is 3.04. The van der Waals surface area contributed by atoms with E-state index in [1.54, 1.807) is 18.2 Å². The molecule has 1 aromatic carbocycles. The summed E-state index contributed by atoms with van der Waals surface area (Å²) in [5, 5.41) is 11.1. The zero-order chi connectivity index (χ0) is 14.5. The average molecular weight is 275 g/mol. The van der Waals surface area contributed by atoms with Crippen LogP contribution in [-0.2, 0) is 9.53 Å². The summed E-state index contributed by atoms with van der Waals surface area (Å²) in [5.41, 5.74) is 1.58. The summed E-state index contributed by atoms with van der Waals surface area (Å²) >= 11 is 0. The van der Waals surface area contributed by atoms with Gasteiger partial charge in [-0.1, -0.05) is 29.8 Å². The second-order valence-corrected chi connectivity index (χ2v) is 4.85. The van der Waals surface area contributed by atoms with Gasteiger partial charge >= 0.3 is 5.97 Å². The number of hydrogen-bond donors (Lipinski definition) is 0. The standard InChI is InChI=1S/C15H17NO4/c1-20-15(17)13(10-11-6-2-3-7-11)12-8-4-5-9-14(12)16(18)19/h4-6,8-9,13H,2-3,7,10H2,1H3. The van der Waals surface area contributed by atoms with Crippen molar-refractivity contribution in [3.05, 3.63) is 51.6 Å². The lowest BCUT2D eigenvalue weighted by Crippen LogP contribution is -2.16. The van der Waals surface area contributed by atoms with Crippen LogP contribution >= 0.6 is 0 Å². The fourth-order valence-corrected chi connectivity index (χ4v) is 2.60. The number of hydrogen-bond acceptors (Lipinski definition) is 4. The lowest BCUT2D eigenvalue weighted by atomic mass is 9.90. The molecule has 0 aromatic heterocycles. The molecule has 1 unspecified atom stereocenters. The van der Waals surface area contributed by atoms with Crippen molar-refractivity contribution < 1.29 is 14.5 Å². The van der Waals surface area contributed by atoms with E-state index in [2.05, 4.69) is 6.08 Å². The minimum Gasteiger partial charge on any atom is -0.469 e.